The predicted molar refractivity (Wildman–Crippen MR) is 113 cm³/mol. The van der Waals surface area contributed by atoms with E-state index in [0.717, 1.165) is 31.4 Å². The van der Waals surface area contributed by atoms with Crippen molar-refractivity contribution in [1.82, 2.24) is 5.32 Å². The van der Waals surface area contributed by atoms with Crippen molar-refractivity contribution in [3.8, 4) is 0 Å². The summed E-state index contributed by atoms with van der Waals surface area (Å²) in [7, 11) is 2.03. The summed E-state index contributed by atoms with van der Waals surface area (Å²) < 4.78 is 0. The van der Waals surface area contributed by atoms with Gasteiger partial charge in [0.15, 0.2) is 0 Å². The lowest BCUT2D eigenvalue weighted by atomic mass is 9.76. The molecule has 2 aromatic carbocycles. The highest BCUT2D eigenvalue weighted by molar-refractivity contribution is 5.90. The lowest BCUT2D eigenvalue weighted by Gasteiger charge is -2.32. The number of rotatable bonds is 6. The van der Waals surface area contributed by atoms with E-state index in [1.807, 2.05) is 7.05 Å². The van der Waals surface area contributed by atoms with Gasteiger partial charge in [0, 0.05) is 24.1 Å². The minimum atomic E-state index is 0.110. The molecule has 3 nitrogen and oxygen atoms in total. The van der Waals surface area contributed by atoms with Crippen LogP contribution < -0.4 is 10.6 Å². The number of amides is 1. The van der Waals surface area contributed by atoms with Crippen LogP contribution in [-0.2, 0) is 4.79 Å². The number of anilines is 1. The Morgan fingerprint density at radius 3 is 2.56 bits per heavy atom. The average Bonchev–Trinajstić information content (AvgIpc) is 2.67. The van der Waals surface area contributed by atoms with Crippen LogP contribution in [0.5, 0.6) is 0 Å². The maximum absolute atomic E-state index is 12.1. The summed E-state index contributed by atoms with van der Waals surface area (Å²) in [6, 6.07) is 13.6. The Balaban J connectivity index is 1.91. The van der Waals surface area contributed by atoms with Gasteiger partial charge in [0.2, 0.25) is 5.91 Å². The molecular weight excluding hydrogens is 332 g/mol. The van der Waals surface area contributed by atoms with Gasteiger partial charge in [0.25, 0.3) is 0 Å². The Labute approximate surface area is 163 Å². The Morgan fingerprint density at radius 1 is 1.04 bits per heavy atom. The van der Waals surface area contributed by atoms with Crippen LogP contribution in [0.1, 0.15) is 78.8 Å². The molecule has 0 fully saturated rings. The summed E-state index contributed by atoms with van der Waals surface area (Å²) in [5.41, 5.74) is 7.71. The highest BCUT2D eigenvalue weighted by Crippen LogP contribution is 2.42. The van der Waals surface area contributed by atoms with E-state index >= 15 is 0 Å². The van der Waals surface area contributed by atoms with Crippen LogP contribution in [0, 0.1) is 13.8 Å². The van der Waals surface area contributed by atoms with Crippen LogP contribution in [0.15, 0.2) is 36.4 Å². The van der Waals surface area contributed by atoms with Gasteiger partial charge in [-0.05, 0) is 80.1 Å². The van der Waals surface area contributed by atoms with Crippen molar-refractivity contribution >= 4 is 11.6 Å². The second kappa shape index (κ2) is 8.71. The monoisotopic (exact) mass is 364 g/mol. The van der Waals surface area contributed by atoms with Gasteiger partial charge < -0.3 is 10.6 Å². The Kier molecular flexibility index (Phi) is 6.33. The van der Waals surface area contributed by atoms with Crippen LogP contribution in [0.2, 0.25) is 0 Å². The van der Waals surface area contributed by atoms with E-state index in [4.69, 9.17) is 0 Å². The van der Waals surface area contributed by atoms with E-state index in [-0.39, 0.29) is 5.91 Å². The molecule has 1 aliphatic rings. The molecule has 0 bridgehead atoms. The van der Waals surface area contributed by atoms with Crippen LogP contribution in [0.4, 0.5) is 5.69 Å². The molecular formula is C24H32N2O. The summed E-state index contributed by atoms with van der Waals surface area (Å²) >= 11 is 0. The molecule has 2 aromatic rings. The molecule has 1 aliphatic carbocycles. The van der Waals surface area contributed by atoms with Crippen molar-refractivity contribution in [2.24, 2.45) is 0 Å². The summed E-state index contributed by atoms with van der Waals surface area (Å²) in [5.74, 6) is 0.535. The molecule has 0 radical (unpaired) electrons. The SMILES string of the molecule is CCCCC(=O)Nc1ccc2c(c1)[C@@H](NC)CC[C@H]2c1ccc(C)c(C)c1. The first-order chi connectivity index (χ1) is 13.0. The van der Waals surface area contributed by atoms with Crippen LogP contribution in [0.3, 0.4) is 0 Å². The third-order valence-electron chi connectivity index (χ3n) is 5.90. The van der Waals surface area contributed by atoms with Crippen molar-refractivity contribution in [2.75, 3.05) is 12.4 Å². The number of nitrogens with one attached hydrogen (secondary N) is 2. The molecule has 2 N–H and O–H groups in total. The molecule has 144 valence electrons. The molecule has 3 rings (SSSR count). The average molecular weight is 365 g/mol. The largest absolute Gasteiger partial charge is 0.326 e. The third kappa shape index (κ3) is 4.41. The molecule has 1 amide bonds. The van der Waals surface area contributed by atoms with E-state index in [1.165, 1.54) is 27.8 Å². The lowest BCUT2D eigenvalue weighted by molar-refractivity contribution is -0.116. The molecule has 0 spiro atoms. The number of hydrogen-bond donors (Lipinski definition) is 2. The quantitative estimate of drug-likeness (QED) is 0.698. The van der Waals surface area contributed by atoms with E-state index in [9.17, 15) is 4.79 Å². The number of hydrogen-bond acceptors (Lipinski definition) is 2. The summed E-state index contributed by atoms with van der Waals surface area (Å²) in [6.07, 6.45) is 4.81. The fourth-order valence-electron chi connectivity index (χ4n) is 4.10. The molecule has 0 unspecified atom stereocenters. The van der Waals surface area contributed by atoms with Crippen LogP contribution >= 0.6 is 0 Å². The molecule has 0 aromatic heterocycles. The van der Waals surface area contributed by atoms with Gasteiger partial charge in [-0.2, -0.15) is 0 Å². The topological polar surface area (TPSA) is 41.1 Å². The first-order valence-electron chi connectivity index (χ1n) is 10.2. The molecule has 0 aliphatic heterocycles. The van der Waals surface area contributed by atoms with Gasteiger partial charge in [-0.1, -0.05) is 37.6 Å². The number of carbonyl (C=O) groups is 1. The smallest absolute Gasteiger partial charge is 0.224 e. The first-order valence-corrected chi connectivity index (χ1v) is 10.2. The van der Waals surface area contributed by atoms with Crippen molar-refractivity contribution < 1.29 is 4.79 Å². The normalized spacial score (nSPS) is 18.8. The second-order valence-electron chi connectivity index (χ2n) is 7.81. The van der Waals surface area contributed by atoms with Crippen LogP contribution in [-0.4, -0.2) is 13.0 Å². The van der Waals surface area contributed by atoms with Gasteiger partial charge >= 0.3 is 0 Å². The van der Waals surface area contributed by atoms with Crippen molar-refractivity contribution in [2.45, 2.75) is 64.8 Å². The van der Waals surface area contributed by atoms with E-state index in [0.29, 0.717) is 18.4 Å². The first kappa shape index (κ1) is 19.6. The zero-order chi connectivity index (χ0) is 19.4. The third-order valence-corrected chi connectivity index (χ3v) is 5.90. The van der Waals surface area contributed by atoms with Crippen molar-refractivity contribution in [3.05, 3.63) is 64.2 Å². The van der Waals surface area contributed by atoms with E-state index in [2.05, 4.69) is 67.8 Å². The number of carbonyl (C=O) groups excluding carboxylic acids is 1. The van der Waals surface area contributed by atoms with E-state index < -0.39 is 0 Å². The minimum Gasteiger partial charge on any atom is -0.326 e. The van der Waals surface area contributed by atoms with Gasteiger partial charge in [-0.15, -0.1) is 0 Å². The highest BCUT2D eigenvalue weighted by atomic mass is 16.1. The summed E-state index contributed by atoms with van der Waals surface area (Å²) in [4.78, 5) is 12.1. The van der Waals surface area contributed by atoms with Crippen LogP contribution in [0.25, 0.3) is 0 Å². The highest BCUT2D eigenvalue weighted by Gasteiger charge is 2.28. The maximum Gasteiger partial charge on any atom is 0.224 e. The molecule has 2 atom stereocenters. The Hall–Kier alpha value is -2.13. The molecule has 0 heterocycles. The zero-order valence-electron chi connectivity index (χ0n) is 17.1. The molecule has 3 heteroatoms. The maximum atomic E-state index is 12.1. The molecule has 0 saturated heterocycles. The summed E-state index contributed by atoms with van der Waals surface area (Å²) in [5, 5.41) is 6.53. The molecule has 0 saturated carbocycles. The standard InChI is InChI=1S/C24H32N2O/c1-5-6-7-24(27)26-19-10-11-21-20(12-13-23(25-4)22(21)15-19)18-9-8-16(2)17(3)14-18/h8-11,14-15,20,23,25H,5-7,12-13H2,1-4H3,(H,26,27)/t20-,23-/m0/s1. The van der Waals surface area contributed by atoms with Crippen molar-refractivity contribution in [3.63, 3.8) is 0 Å². The Morgan fingerprint density at radius 2 is 1.85 bits per heavy atom. The van der Waals surface area contributed by atoms with Gasteiger partial charge in [0.05, 0.1) is 0 Å². The van der Waals surface area contributed by atoms with Gasteiger partial charge in [-0.25, -0.2) is 0 Å². The number of fused-ring (bicyclic) bond motifs is 1. The Bertz CT molecular complexity index is 812. The fraction of sp³-hybridized carbons (Fsp3) is 0.458. The number of unbranched alkanes of at least 4 members (excludes halogenated alkanes) is 1. The zero-order valence-corrected chi connectivity index (χ0v) is 17.1. The number of aryl methyl sites for hydroxylation is 2. The van der Waals surface area contributed by atoms with Gasteiger partial charge in [0.1, 0.15) is 0 Å². The van der Waals surface area contributed by atoms with Gasteiger partial charge in [-0.3, -0.25) is 4.79 Å². The predicted octanol–water partition coefficient (Wildman–Crippen LogP) is 5.62. The number of benzene rings is 2. The van der Waals surface area contributed by atoms with Crippen molar-refractivity contribution in [1.29, 1.82) is 0 Å². The molecule has 27 heavy (non-hydrogen) atoms. The fourth-order valence-corrected chi connectivity index (χ4v) is 4.10. The van der Waals surface area contributed by atoms with E-state index in [1.54, 1.807) is 0 Å². The second-order valence-corrected chi connectivity index (χ2v) is 7.81. The summed E-state index contributed by atoms with van der Waals surface area (Å²) in [6.45, 7) is 6.46. The minimum absolute atomic E-state index is 0.110. The lowest BCUT2D eigenvalue weighted by Crippen LogP contribution is -2.24.